The third-order valence-electron chi connectivity index (χ3n) is 3.60. The Bertz CT molecular complexity index is 403. The quantitative estimate of drug-likeness (QED) is 0.847. The Morgan fingerprint density at radius 3 is 3.11 bits per heavy atom. The summed E-state index contributed by atoms with van der Waals surface area (Å²) in [5.74, 6) is 2.50. The summed E-state index contributed by atoms with van der Waals surface area (Å²) < 4.78 is 10.7. The highest BCUT2D eigenvalue weighted by Crippen LogP contribution is 2.32. The second-order valence-electron chi connectivity index (χ2n) is 5.03. The molecule has 2 N–H and O–H groups in total. The first-order valence-corrected chi connectivity index (χ1v) is 6.72. The summed E-state index contributed by atoms with van der Waals surface area (Å²) in [5.41, 5.74) is 1.25. The summed E-state index contributed by atoms with van der Waals surface area (Å²) in [4.78, 5) is 0. The lowest BCUT2D eigenvalue weighted by atomic mass is 10.00. The first-order chi connectivity index (χ1) is 8.92. The Hall–Kier alpha value is -1.26. The molecule has 0 spiro atoms. The van der Waals surface area contributed by atoms with Gasteiger partial charge in [-0.25, -0.2) is 0 Å². The lowest BCUT2D eigenvalue weighted by molar-refractivity contribution is 0.174. The fourth-order valence-corrected chi connectivity index (χ4v) is 2.57. The summed E-state index contributed by atoms with van der Waals surface area (Å²) >= 11 is 0. The number of fused-ring (bicyclic) bond motifs is 1. The molecule has 1 unspecified atom stereocenters. The van der Waals surface area contributed by atoms with Crippen LogP contribution in [-0.2, 0) is 6.54 Å². The maximum atomic E-state index is 5.38. The van der Waals surface area contributed by atoms with E-state index in [1.54, 1.807) is 0 Å². The van der Waals surface area contributed by atoms with Gasteiger partial charge in [0.15, 0.2) is 11.5 Å². The van der Waals surface area contributed by atoms with Crippen molar-refractivity contribution in [2.75, 3.05) is 26.4 Å². The van der Waals surface area contributed by atoms with Gasteiger partial charge in [0.05, 0.1) is 0 Å². The van der Waals surface area contributed by atoms with Gasteiger partial charge in [0.2, 0.25) is 6.79 Å². The summed E-state index contributed by atoms with van der Waals surface area (Å²) in [6.07, 6.45) is 2.64. The molecule has 0 aromatic heterocycles. The van der Waals surface area contributed by atoms with Crippen LogP contribution in [0.2, 0.25) is 0 Å². The minimum atomic E-state index is 0.347. The molecule has 0 amide bonds. The van der Waals surface area contributed by atoms with Crippen LogP contribution < -0.4 is 20.1 Å². The number of nitrogens with one attached hydrogen (secondary N) is 2. The van der Waals surface area contributed by atoms with Gasteiger partial charge >= 0.3 is 0 Å². The molecule has 2 heterocycles. The van der Waals surface area contributed by atoms with Gasteiger partial charge < -0.3 is 20.1 Å². The monoisotopic (exact) mass is 248 g/mol. The molecule has 1 fully saturated rings. The predicted octanol–water partition coefficient (Wildman–Crippen LogP) is 1.50. The maximum Gasteiger partial charge on any atom is 0.231 e. The van der Waals surface area contributed by atoms with Gasteiger partial charge in [-0.2, -0.15) is 0 Å². The van der Waals surface area contributed by atoms with E-state index < -0.39 is 0 Å². The Labute approximate surface area is 108 Å². The molecule has 3 rings (SSSR count). The van der Waals surface area contributed by atoms with E-state index in [0.29, 0.717) is 6.79 Å². The predicted molar refractivity (Wildman–Crippen MR) is 69.9 cm³/mol. The van der Waals surface area contributed by atoms with Crippen LogP contribution in [0, 0.1) is 5.92 Å². The highest BCUT2D eigenvalue weighted by Gasteiger charge is 2.14. The molecule has 1 aromatic rings. The summed E-state index contributed by atoms with van der Waals surface area (Å²) in [6.45, 7) is 4.65. The number of ether oxygens (including phenoxy) is 2. The molecule has 2 aliphatic rings. The molecule has 0 saturated carbocycles. The zero-order valence-electron chi connectivity index (χ0n) is 10.6. The summed E-state index contributed by atoms with van der Waals surface area (Å²) in [5, 5.41) is 6.97. The first-order valence-electron chi connectivity index (χ1n) is 6.72. The van der Waals surface area contributed by atoms with Crippen LogP contribution in [0.15, 0.2) is 18.2 Å². The largest absolute Gasteiger partial charge is 0.454 e. The number of piperidine rings is 1. The fourth-order valence-electron chi connectivity index (χ4n) is 2.57. The van der Waals surface area contributed by atoms with E-state index in [2.05, 4.69) is 22.8 Å². The van der Waals surface area contributed by atoms with E-state index in [-0.39, 0.29) is 0 Å². The van der Waals surface area contributed by atoms with Crippen molar-refractivity contribution in [1.82, 2.24) is 10.6 Å². The van der Waals surface area contributed by atoms with Crippen LogP contribution in [0.1, 0.15) is 18.4 Å². The third-order valence-corrected chi connectivity index (χ3v) is 3.60. The molecule has 18 heavy (non-hydrogen) atoms. The van der Waals surface area contributed by atoms with Gasteiger partial charge in [0.1, 0.15) is 0 Å². The average Bonchev–Trinajstić information content (AvgIpc) is 2.87. The van der Waals surface area contributed by atoms with Gasteiger partial charge in [-0.15, -0.1) is 0 Å². The second-order valence-corrected chi connectivity index (χ2v) is 5.03. The maximum absolute atomic E-state index is 5.38. The standard InChI is InChI=1S/C14H20N2O2/c1-2-12(8-15-5-1)9-16-7-11-3-4-13-14(6-11)18-10-17-13/h3-4,6,12,15-16H,1-2,5,7-10H2. The number of rotatable bonds is 4. The van der Waals surface area contributed by atoms with Crippen molar-refractivity contribution in [3.63, 3.8) is 0 Å². The van der Waals surface area contributed by atoms with Gasteiger partial charge in [0.25, 0.3) is 0 Å². The third kappa shape index (κ3) is 2.76. The molecule has 0 bridgehead atoms. The van der Waals surface area contributed by atoms with E-state index in [0.717, 1.165) is 37.1 Å². The minimum Gasteiger partial charge on any atom is -0.454 e. The van der Waals surface area contributed by atoms with Crippen molar-refractivity contribution < 1.29 is 9.47 Å². The molecular formula is C14H20N2O2. The Balaban J connectivity index is 1.48. The molecule has 4 heteroatoms. The van der Waals surface area contributed by atoms with E-state index in [1.807, 2.05) is 6.07 Å². The molecule has 0 radical (unpaired) electrons. The van der Waals surface area contributed by atoms with Crippen molar-refractivity contribution >= 4 is 0 Å². The van der Waals surface area contributed by atoms with Crippen LogP contribution in [0.25, 0.3) is 0 Å². The zero-order valence-corrected chi connectivity index (χ0v) is 10.6. The van der Waals surface area contributed by atoms with Crippen LogP contribution >= 0.6 is 0 Å². The van der Waals surface area contributed by atoms with Crippen LogP contribution in [0.3, 0.4) is 0 Å². The Morgan fingerprint density at radius 1 is 1.28 bits per heavy atom. The highest BCUT2D eigenvalue weighted by atomic mass is 16.7. The lowest BCUT2D eigenvalue weighted by Crippen LogP contribution is -2.35. The van der Waals surface area contributed by atoms with Crippen LogP contribution in [0.5, 0.6) is 11.5 Å². The number of benzene rings is 1. The highest BCUT2D eigenvalue weighted by molar-refractivity contribution is 5.44. The van der Waals surface area contributed by atoms with Crippen molar-refractivity contribution in [2.45, 2.75) is 19.4 Å². The molecule has 2 aliphatic heterocycles. The average molecular weight is 248 g/mol. The minimum absolute atomic E-state index is 0.347. The van der Waals surface area contributed by atoms with Crippen molar-refractivity contribution in [1.29, 1.82) is 0 Å². The first kappa shape index (κ1) is 11.8. The number of hydrogen-bond acceptors (Lipinski definition) is 4. The molecule has 1 aromatic carbocycles. The number of hydrogen-bond donors (Lipinski definition) is 2. The second kappa shape index (κ2) is 5.59. The van der Waals surface area contributed by atoms with Gasteiger partial charge in [-0.1, -0.05) is 6.07 Å². The lowest BCUT2D eigenvalue weighted by Gasteiger charge is -2.23. The Morgan fingerprint density at radius 2 is 2.22 bits per heavy atom. The smallest absolute Gasteiger partial charge is 0.231 e. The molecule has 4 nitrogen and oxygen atoms in total. The van der Waals surface area contributed by atoms with Crippen molar-refractivity contribution in [3.8, 4) is 11.5 Å². The Kier molecular flexibility index (Phi) is 3.67. The molecule has 0 aliphatic carbocycles. The van der Waals surface area contributed by atoms with E-state index in [9.17, 15) is 0 Å². The normalized spacial score (nSPS) is 22.1. The van der Waals surface area contributed by atoms with Gasteiger partial charge in [-0.05, 0) is 56.1 Å². The molecule has 98 valence electrons. The molecule has 1 atom stereocenters. The van der Waals surface area contributed by atoms with E-state index >= 15 is 0 Å². The van der Waals surface area contributed by atoms with Crippen LogP contribution in [-0.4, -0.2) is 26.4 Å². The van der Waals surface area contributed by atoms with Gasteiger partial charge in [-0.3, -0.25) is 0 Å². The topological polar surface area (TPSA) is 42.5 Å². The van der Waals surface area contributed by atoms with E-state index in [1.165, 1.54) is 24.9 Å². The summed E-state index contributed by atoms with van der Waals surface area (Å²) in [7, 11) is 0. The van der Waals surface area contributed by atoms with Crippen LogP contribution in [0.4, 0.5) is 0 Å². The van der Waals surface area contributed by atoms with Crippen molar-refractivity contribution in [3.05, 3.63) is 23.8 Å². The van der Waals surface area contributed by atoms with Gasteiger partial charge in [0, 0.05) is 6.54 Å². The molecule has 1 saturated heterocycles. The molecular weight excluding hydrogens is 228 g/mol. The van der Waals surface area contributed by atoms with E-state index in [4.69, 9.17) is 9.47 Å². The zero-order chi connectivity index (χ0) is 12.2. The fraction of sp³-hybridized carbons (Fsp3) is 0.571. The summed E-state index contributed by atoms with van der Waals surface area (Å²) in [6, 6.07) is 6.15. The SMILES string of the molecule is c1cc2c(cc1CNCC1CCCNC1)OCO2. The van der Waals surface area contributed by atoms with Crippen molar-refractivity contribution in [2.24, 2.45) is 5.92 Å².